The van der Waals surface area contributed by atoms with Crippen molar-refractivity contribution in [2.24, 2.45) is 0 Å². The van der Waals surface area contributed by atoms with Gasteiger partial charge >= 0.3 is 5.97 Å². The lowest BCUT2D eigenvalue weighted by Crippen LogP contribution is -2.34. The molecule has 0 fully saturated rings. The number of hydrogen-bond acceptors (Lipinski definition) is 7. The quantitative estimate of drug-likeness (QED) is 0.702. The molecule has 1 heterocycles. The van der Waals surface area contributed by atoms with Gasteiger partial charge in [0.1, 0.15) is 0 Å². The molecule has 18 heavy (non-hydrogen) atoms. The molecule has 1 aromatic heterocycles. The first kappa shape index (κ1) is 14.2. The van der Waals surface area contributed by atoms with Gasteiger partial charge in [0, 0.05) is 12.3 Å². The van der Waals surface area contributed by atoms with Crippen LogP contribution in [0.15, 0.2) is 12.3 Å². The Hall–Kier alpha value is -1.89. The lowest BCUT2D eigenvalue weighted by atomic mass is 10.3. The molecule has 100 valence electrons. The van der Waals surface area contributed by atoms with E-state index in [1.807, 2.05) is 13.8 Å². The maximum atomic E-state index is 11.3. The smallest absolute Gasteiger partial charge is 0.330 e. The summed E-state index contributed by atoms with van der Waals surface area (Å²) < 4.78 is 9.91. The Kier molecular flexibility index (Phi) is 5.31. The molecule has 0 aliphatic rings. The lowest BCUT2D eigenvalue weighted by Gasteiger charge is -2.14. The molecule has 0 amide bonds. The van der Waals surface area contributed by atoms with Gasteiger partial charge in [-0.05, 0) is 13.8 Å². The minimum Gasteiger partial charge on any atom is -0.475 e. The molecule has 1 aromatic rings. The zero-order chi connectivity index (χ0) is 13.5. The monoisotopic (exact) mass is 255 g/mol. The lowest BCUT2D eigenvalue weighted by molar-refractivity contribution is -0.142. The van der Waals surface area contributed by atoms with E-state index in [2.05, 4.69) is 20.0 Å². The van der Waals surface area contributed by atoms with E-state index in [1.54, 1.807) is 6.07 Å². The number of carbonyl (C=O) groups is 1. The Balaban J connectivity index is 2.74. The van der Waals surface area contributed by atoms with Crippen molar-refractivity contribution >= 4 is 11.9 Å². The Morgan fingerprint density at radius 2 is 2.28 bits per heavy atom. The third-order valence-corrected chi connectivity index (χ3v) is 1.96. The fraction of sp³-hybridized carbons (Fsp3) is 0.545. The highest BCUT2D eigenvalue weighted by Crippen LogP contribution is 2.11. The highest BCUT2D eigenvalue weighted by molar-refractivity contribution is 5.78. The van der Waals surface area contributed by atoms with Gasteiger partial charge in [0.15, 0.2) is 6.04 Å². The van der Waals surface area contributed by atoms with Crippen molar-refractivity contribution in [3.8, 4) is 5.88 Å². The Morgan fingerprint density at radius 1 is 1.56 bits per heavy atom. The maximum Gasteiger partial charge on any atom is 0.330 e. The summed E-state index contributed by atoms with van der Waals surface area (Å²) in [6.07, 6.45) is 1.49. The Bertz CT molecular complexity index is 398. The van der Waals surface area contributed by atoms with Crippen molar-refractivity contribution in [3.05, 3.63) is 12.3 Å². The number of rotatable bonds is 6. The number of methoxy groups -OCH3 is 1. The molecular formula is C11H17N3O4. The molecule has 7 heteroatoms. The van der Waals surface area contributed by atoms with Crippen LogP contribution in [0.25, 0.3) is 0 Å². The van der Waals surface area contributed by atoms with Crippen molar-refractivity contribution in [2.45, 2.75) is 26.0 Å². The second kappa shape index (κ2) is 6.75. The van der Waals surface area contributed by atoms with E-state index >= 15 is 0 Å². The normalized spacial score (nSPS) is 12.1. The van der Waals surface area contributed by atoms with E-state index < -0.39 is 18.6 Å². The van der Waals surface area contributed by atoms with Gasteiger partial charge in [0.2, 0.25) is 11.8 Å². The zero-order valence-electron chi connectivity index (χ0n) is 10.6. The fourth-order valence-electron chi connectivity index (χ4n) is 1.20. The minimum absolute atomic E-state index is 0.0120. The molecular weight excluding hydrogens is 238 g/mol. The summed E-state index contributed by atoms with van der Waals surface area (Å²) >= 11 is 0. The van der Waals surface area contributed by atoms with Crippen molar-refractivity contribution < 1.29 is 19.4 Å². The van der Waals surface area contributed by atoms with Crippen LogP contribution in [0.5, 0.6) is 5.88 Å². The van der Waals surface area contributed by atoms with Gasteiger partial charge < -0.3 is 19.9 Å². The molecule has 0 radical (unpaired) electrons. The van der Waals surface area contributed by atoms with Crippen molar-refractivity contribution in [3.63, 3.8) is 0 Å². The van der Waals surface area contributed by atoms with E-state index in [4.69, 9.17) is 9.84 Å². The molecule has 1 rings (SSSR count). The summed E-state index contributed by atoms with van der Waals surface area (Å²) in [5, 5.41) is 11.7. The summed E-state index contributed by atoms with van der Waals surface area (Å²) in [5.41, 5.74) is 0. The van der Waals surface area contributed by atoms with Crippen LogP contribution in [0.3, 0.4) is 0 Å². The van der Waals surface area contributed by atoms with Crippen molar-refractivity contribution in [1.82, 2.24) is 9.97 Å². The van der Waals surface area contributed by atoms with Crippen LogP contribution >= 0.6 is 0 Å². The molecule has 0 aliphatic heterocycles. The SMILES string of the molecule is COC(=O)C(CO)Nc1nccc(OC(C)C)n1. The highest BCUT2D eigenvalue weighted by atomic mass is 16.5. The Labute approximate surface area is 105 Å². The first-order chi connectivity index (χ1) is 8.56. The number of nitrogens with one attached hydrogen (secondary N) is 1. The third-order valence-electron chi connectivity index (χ3n) is 1.96. The average molecular weight is 255 g/mol. The number of carbonyl (C=O) groups excluding carboxylic acids is 1. The molecule has 0 saturated carbocycles. The van der Waals surface area contributed by atoms with Gasteiger partial charge in [-0.25, -0.2) is 9.78 Å². The van der Waals surface area contributed by atoms with Crippen LogP contribution in [0.2, 0.25) is 0 Å². The zero-order valence-corrected chi connectivity index (χ0v) is 10.6. The van der Waals surface area contributed by atoms with Gasteiger partial charge in [0.05, 0.1) is 19.8 Å². The van der Waals surface area contributed by atoms with Crippen LogP contribution in [0.1, 0.15) is 13.8 Å². The van der Waals surface area contributed by atoms with E-state index in [9.17, 15) is 4.79 Å². The van der Waals surface area contributed by atoms with E-state index in [-0.39, 0.29) is 12.1 Å². The maximum absolute atomic E-state index is 11.3. The van der Waals surface area contributed by atoms with Crippen LogP contribution in [0, 0.1) is 0 Å². The molecule has 0 saturated heterocycles. The average Bonchev–Trinajstić information content (AvgIpc) is 2.34. The van der Waals surface area contributed by atoms with E-state index in [1.165, 1.54) is 13.3 Å². The Morgan fingerprint density at radius 3 is 2.83 bits per heavy atom. The summed E-state index contributed by atoms with van der Waals surface area (Å²) in [7, 11) is 1.24. The van der Waals surface area contributed by atoms with Gasteiger partial charge in [-0.1, -0.05) is 0 Å². The second-order valence-corrected chi connectivity index (χ2v) is 3.79. The molecule has 2 N–H and O–H groups in total. The molecule has 1 atom stereocenters. The van der Waals surface area contributed by atoms with Gasteiger partial charge in [0.25, 0.3) is 0 Å². The number of anilines is 1. The van der Waals surface area contributed by atoms with Gasteiger partial charge in [-0.15, -0.1) is 0 Å². The summed E-state index contributed by atoms with van der Waals surface area (Å²) in [4.78, 5) is 19.3. The molecule has 0 aliphatic carbocycles. The number of aliphatic hydroxyl groups is 1. The summed E-state index contributed by atoms with van der Waals surface area (Å²) in [6, 6.07) is 0.710. The molecule has 0 bridgehead atoms. The standard InChI is InChI=1S/C11H17N3O4/c1-7(2)18-9-4-5-12-11(14-9)13-8(6-15)10(16)17-3/h4-5,7-8,15H,6H2,1-3H3,(H,12,13,14). The van der Waals surface area contributed by atoms with Crippen molar-refractivity contribution in [2.75, 3.05) is 19.0 Å². The minimum atomic E-state index is -0.899. The number of aliphatic hydroxyl groups excluding tert-OH is 1. The number of aromatic nitrogens is 2. The third kappa shape index (κ3) is 4.17. The number of hydrogen-bond donors (Lipinski definition) is 2. The van der Waals surface area contributed by atoms with Gasteiger partial charge in [-0.3, -0.25) is 0 Å². The second-order valence-electron chi connectivity index (χ2n) is 3.79. The predicted molar refractivity (Wildman–Crippen MR) is 64.3 cm³/mol. The van der Waals surface area contributed by atoms with Gasteiger partial charge in [-0.2, -0.15) is 4.98 Å². The first-order valence-electron chi connectivity index (χ1n) is 5.51. The van der Waals surface area contributed by atoms with Crippen LogP contribution < -0.4 is 10.1 Å². The van der Waals surface area contributed by atoms with Crippen LogP contribution in [-0.4, -0.2) is 46.9 Å². The highest BCUT2D eigenvalue weighted by Gasteiger charge is 2.19. The number of ether oxygens (including phenoxy) is 2. The summed E-state index contributed by atoms with van der Waals surface area (Å²) in [6.45, 7) is 3.34. The molecule has 7 nitrogen and oxygen atoms in total. The van der Waals surface area contributed by atoms with E-state index in [0.717, 1.165) is 0 Å². The van der Waals surface area contributed by atoms with E-state index in [0.29, 0.717) is 5.88 Å². The van der Waals surface area contributed by atoms with Crippen LogP contribution in [0.4, 0.5) is 5.95 Å². The largest absolute Gasteiger partial charge is 0.475 e. The fourth-order valence-corrected chi connectivity index (χ4v) is 1.20. The van der Waals surface area contributed by atoms with Crippen LogP contribution in [-0.2, 0) is 9.53 Å². The number of esters is 1. The summed E-state index contributed by atoms with van der Waals surface area (Å²) in [5.74, 6) is -0.00191. The first-order valence-corrected chi connectivity index (χ1v) is 5.51. The number of nitrogens with zero attached hydrogens (tertiary/aromatic N) is 2. The molecule has 0 spiro atoms. The topological polar surface area (TPSA) is 93.6 Å². The predicted octanol–water partition coefficient (Wildman–Crippen LogP) is 0.210. The molecule has 1 unspecified atom stereocenters. The van der Waals surface area contributed by atoms with Crippen molar-refractivity contribution in [1.29, 1.82) is 0 Å². The molecule has 0 aromatic carbocycles.